The number of benzene rings is 1. The maximum atomic E-state index is 6.56. The van der Waals surface area contributed by atoms with Crippen molar-refractivity contribution in [3.8, 4) is 16.5 Å². The van der Waals surface area contributed by atoms with Gasteiger partial charge in [-0.25, -0.2) is 15.0 Å². The normalized spacial score (nSPS) is 11.3. The number of aromatic nitrogens is 3. The zero-order valence-electron chi connectivity index (χ0n) is 11.9. The second-order valence-electron chi connectivity index (χ2n) is 4.94. The molecule has 2 heterocycles. The van der Waals surface area contributed by atoms with Gasteiger partial charge in [-0.15, -0.1) is 11.3 Å². The summed E-state index contributed by atoms with van der Waals surface area (Å²) in [6.45, 7) is 4.25. The summed E-state index contributed by atoms with van der Waals surface area (Å²) in [4.78, 5) is 13.0. The van der Waals surface area contributed by atoms with Gasteiger partial charge >= 0.3 is 0 Å². The van der Waals surface area contributed by atoms with Crippen LogP contribution < -0.4 is 4.74 Å². The fraction of sp³-hybridized carbons (Fsp3) is 0.267. The number of ether oxygens (including phenoxy) is 1. The van der Waals surface area contributed by atoms with Gasteiger partial charge in [0.1, 0.15) is 11.3 Å². The van der Waals surface area contributed by atoms with Crippen molar-refractivity contribution in [3.05, 3.63) is 34.6 Å². The van der Waals surface area contributed by atoms with Crippen molar-refractivity contribution in [2.45, 2.75) is 19.8 Å². The Bertz CT molecular complexity index is 801. The molecule has 0 saturated heterocycles. The Labute approximate surface area is 131 Å². The molecule has 6 heteroatoms. The van der Waals surface area contributed by atoms with E-state index in [1.165, 1.54) is 6.33 Å². The van der Waals surface area contributed by atoms with Crippen molar-refractivity contribution in [2.75, 3.05) is 7.11 Å². The predicted octanol–water partition coefficient (Wildman–Crippen LogP) is 4.54. The number of nitrogens with zero attached hydrogens (tertiary/aromatic N) is 3. The van der Waals surface area contributed by atoms with Crippen molar-refractivity contribution in [3.63, 3.8) is 0 Å². The standard InChI is InChI=1S/C15H14ClN3OS/c1-8(2)11-6-21-15(19-11)9-4-5-10-12(13(9)16)14(20-3)18-7-17-10/h4-8H,1-3H3. The van der Waals surface area contributed by atoms with E-state index in [4.69, 9.17) is 16.3 Å². The average molecular weight is 320 g/mol. The minimum atomic E-state index is 0.395. The monoisotopic (exact) mass is 319 g/mol. The summed E-state index contributed by atoms with van der Waals surface area (Å²) < 4.78 is 5.29. The lowest BCUT2D eigenvalue weighted by molar-refractivity contribution is 0.402. The van der Waals surface area contributed by atoms with Gasteiger partial charge in [-0.05, 0) is 18.1 Å². The molecule has 2 aromatic heterocycles. The Morgan fingerprint density at radius 1 is 1.24 bits per heavy atom. The highest BCUT2D eigenvalue weighted by molar-refractivity contribution is 7.13. The van der Waals surface area contributed by atoms with E-state index in [2.05, 4.69) is 34.2 Å². The van der Waals surface area contributed by atoms with Crippen molar-refractivity contribution in [1.82, 2.24) is 15.0 Å². The molecule has 0 amide bonds. The van der Waals surface area contributed by atoms with Gasteiger partial charge in [-0.2, -0.15) is 0 Å². The maximum absolute atomic E-state index is 6.56. The Morgan fingerprint density at radius 3 is 2.71 bits per heavy atom. The smallest absolute Gasteiger partial charge is 0.225 e. The van der Waals surface area contributed by atoms with E-state index in [1.807, 2.05) is 12.1 Å². The highest BCUT2D eigenvalue weighted by Crippen LogP contribution is 2.38. The Hall–Kier alpha value is -1.72. The molecule has 4 nitrogen and oxygen atoms in total. The number of methoxy groups -OCH3 is 1. The Kier molecular flexibility index (Phi) is 3.78. The van der Waals surface area contributed by atoms with E-state index in [0.717, 1.165) is 27.2 Å². The molecule has 0 bridgehead atoms. The van der Waals surface area contributed by atoms with E-state index < -0.39 is 0 Å². The van der Waals surface area contributed by atoms with Gasteiger partial charge in [-0.3, -0.25) is 0 Å². The quantitative estimate of drug-likeness (QED) is 0.711. The SMILES string of the molecule is COc1ncnc2ccc(-c3nc(C(C)C)cs3)c(Cl)c12. The lowest BCUT2D eigenvalue weighted by atomic mass is 10.1. The minimum Gasteiger partial charge on any atom is -0.480 e. The topological polar surface area (TPSA) is 47.9 Å². The van der Waals surface area contributed by atoms with Crippen LogP contribution in [0, 0.1) is 0 Å². The number of fused-ring (bicyclic) bond motifs is 1. The molecular weight excluding hydrogens is 306 g/mol. The molecule has 3 aromatic rings. The van der Waals surface area contributed by atoms with E-state index in [1.54, 1.807) is 18.4 Å². The van der Waals surface area contributed by atoms with Crippen LogP contribution in [0.25, 0.3) is 21.5 Å². The van der Waals surface area contributed by atoms with Gasteiger partial charge in [0, 0.05) is 10.9 Å². The van der Waals surface area contributed by atoms with Crippen LogP contribution in [0.1, 0.15) is 25.5 Å². The molecule has 0 aliphatic carbocycles. The average Bonchev–Trinajstić information content (AvgIpc) is 2.97. The van der Waals surface area contributed by atoms with E-state index >= 15 is 0 Å². The molecule has 0 aliphatic rings. The van der Waals surface area contributed by atoms with Gasteiger partial charge in [0.15, 0.2) is 0 Å². The number of halogens is 1. The highest BCUT2D eigenvalue weighted by atomic mass is 35.5. The first kappa shape index (κ1) is 14.2. The molecular formula is C15H14ClN3OS. The first-order valence-corrected chi connectivity index (χ1v) is 7.80. The molecule has 0 N–H and O–H groups in total. The summed E-state index contributed by atoms with van der Waals surface area (Å²) >= 11 is 8.15. The van der Waals surface area contributed by atoms with Gasteiger partial charge in [0.05, 0.1) is 28.7 Å². The zero-order valence-corrected chi connectivity index (χ0v) is 13.5. The van der Waals surface area contributed by atoms with Crippen LogP contribution in [0.3, 0.4) is 0 Å². The molecule has 21 heavy (non-hydrogen) atoms. The van der Waals surface area contributed by atoms with Gasteiger partial charge in [-0.1, -0.05) is 25.4 Å². The molecule has 0 fully saturated rings. The van der Waals surface area contributed by atoms with Crippen molar-refractivity contribution < 1.29 is 4.74 Å². The molecule has 0 atom stereocenters. The Balaban J connectivity index is 2.21. The summed E-state index contributed by atoms with van der Waals surface area (Å²) in [5.74, 6) is 0.875. The lowest BCUT2D eigenvalue weighted by Crippen LogP contribution is -1.93. The van der Waals surface area contributed by atoms with Crippen LogP contribution in [0.2, 0.25) is 5.02 Å². The second-order valence-corrected chi connectivity index (χ2v) is 6.17. The minimum absolute atomic E-state index is 0.395. The van der Waals surface area contributed by atoms with Crippen molar-refractivity contribution in [1.29, 1.82) is 0 Å². The largest absolute Gasteiger partial charge is 0.480 e. The molecule has 0 aliphatic heterocycles. The third kappa shape index (κ3) is 2.47. The maximum Gasteiger partial charge on any atom is 0.225 e. The van der Waals surface area contributed by atoms with Crippen LogP contribution in [-0.4, -0.2) is 22.1 Å². The second kappa shape index (κ2) is 5.58. The first-order valence-electron chi connectivity index (χ1n) is 6.54. The Morgan fingerprint density at radius 2 is 2.05 bits per heavy atom. The van der Waals surface area contributed by atoms with E-state index in [0.29, 0.717) is 16.8 Å². The van der Waals surface area contributed by atoms with Crippen LogP contribution >= 0.6 is 22.9 Å². The fourth-order valence-electron chi connectivity index (χ4n) is 2.08. The number of hydrogen-bond acceptors (Lipinski definition) is 5. The van der Waals surface area contributed by atoms with Crippen LogP contribution in [0.4, 0.5) is 0 Å². The molecule has 0 saturated carbocycles. The summed E-state index contributed by atoms with van der Waals surface area (Å²) in [6, 6.07) is 3.86. The van der Waals surface area contributed by atoms with Gasteiger partial charge in [0.25, 0.3) is 0 Å². The first-order chi connectivity index (χ1) is 10.1. The van der Waals surface area contributed by atoms with Crippen molar-refractivity contribution in [2.24, 2.45) is 0 Å². The lowest BCUT2D eigenvalue weighted by Gasteiger charge is -2.08. The third-order valence-corrected chi connectivity index (χ3v) is 4.53. The molecule has 108 valence electrons. The van der Waals surface area contributed by atoms with Gasteiger partial charge < -0.3 is 4.74 Å². The summed E-state index contributed by atoms with van der Waals surface area (Å²) in [7, 11) is 1.57. The summed E-state index contributed by atoms with van der Waals surface area (Å²) in [6.07, 6.45) is 1.47. The third-order valence-electron chi connectivity index (χ3n) is 3.24. The summed E-state index contributed by atoms with van der Waals surface area (Å²) in [5, 5.41) is 4.27. The fourth-order valence-corrected chi connectivity index (χ4v) is 3.48. The van der Waals surface area contributed by atoms with Crippen molar-refractivity contribution >= 4 is 33.8 Å². The van der Waals surface area contributed by atoms with E-state index in [9.17, 15) is 0 Å². The molecule has 3 rings (SSSR count). The number of rotatable bonds is 3. The predicted molar refractivity (Wildman–Crippen MR) is 86.3 cm³/mol. The molecule has 0 unspecified atom stereocenters. The zero-order chi connectivity index (χ0) is 15.0. The highest BCUT2D eigenvalue weighted by Gasteiger charge is 2.16. The van der Waals surface area contributed by atoms with Crippen LogP contribution in [0.5, 0.6) is 5.88 Å². The summed E-state index contributed by atoms with van der Waals surface area (Å²) in [5.41, 5.74) is 2.72. The number of hydrogen-bond donors (Lipinski definition) is 0. The van der Waals surface area contributed by atoms with Crippen LogP contribution in [-0.2, 0) is 0 Å². The van der Waals surface area contributed by atoms with Gasteiger partial charge in [0.2, 0.25) is 5.88 Å². The molecule has 0 radical (unpaired) electrons. The van der Waals surface area contributed by atoms with E-state index in [-0.39, 0.29) is 0 Å². The molecule has 0 spiro atoms. The number of thiazole rings is 1. The van der Waals surface area contributed by atoms with Crippen LogP contribution in [0.15, 0.2) is 23.8 Å². The molecule has 1 aromatic carbocycles.